The number of rotatable bonds is 7. The van der Waals surface area contributed by atoms with Gasteiger partial charge in [0.25, 0.3) is 0 Å². The maximum atomic E-state index is 9.30. The third-order valence-corrected chi connectivity index (χ3v) is 3.02. The smallest absolute Gasteiger partial charge is 0.0526 e. The first-order chi connectivity index (χ1) is 8.47. The standard InChI is InChI=1S/C16H27NO/c1-12(2)9-15-5-7-16(8-6-15)11-17-13(3)10-14(4)18/h5-8,12-14,17-18H,9-11H2,1-4H3. The van der Waals surface area contributed by atoms with Crippen molar-refractivity contribution in [2.45, 2.75) is 59.2 Å². The monoisotopic (exact) mass is 249 g/mol. The van der Waals surface area contributed by atoms with Crippen molar-refractivity contribution in [3.05, 3.63) is 35.4 Å². The van der Waals surface area contributed by atoms with Crippen LogP contribution in [0.1, 0.15) is 45.2 Å². The normalized spacial score (nSPS) is 14.8. The summed E-state index contributed by atoms with van der Waals surface area (Å²) in [4.78, 5) is 0. The zero-order valence-electron chi connectivity index (χ0n) is 12.1. The van der Waals surface area contributed by atoms with E-state index in [1.54, 1.807) is 0 Å². The molecule has 18 heavy (non-hydrogen) atoms. The Hall–Kier alpha value is -0.860. The Bertz CT molecular complexity index is 329. The fraction of sp³-hybridized carbons (Fsp3) is 0.625. The predicted molar refractivity (Wildman–Crippen MR) is 77.6 cm³/mol. The molecule has 0 aliphatic heterocycles. The van der Waals surface area contributed by atoms with Gasteiger partial charge in [-0.1, -0.05) is 38.1 Å². The van der Waals surface area contributed by atoms with Gasteiger partial charge in [-0.25, -0.2) is 0 Å². The summed E-state index contributed by atoms with van der Waals surface area (Å²) in [5.74, 6) is 0.708. The molecular formula is C16H27NO. The number of benzene rings is 1. The second-order valence-corrected chi connectivity index (χ2v) is 5.78. The van der Waals surface area contributed by atoms with E-state index >= 15 is 0 Å². The molecule has 2 heteroatoms. The van der Waals surface area contributed by atoms with Gasteiger partial charge >= 0.3 is 0 Å². The Balaban J connectivity index is 2.39. The lowest BCUT2D eigenvalue weighted by Gasteiger charge is -2.15. The van der Waals surface area contributed by atoms with Crippen molar-refractivity contribution in [1.82, 2.24) is 5.32 Å². The van der Waals surface area contributed by atoms with Crippen molar-refractivity contribution in [3.8, 4) is 0 Å². The van der Waals surface area contributed by atoms with Crippen LogP contribution in [-0.2, 0) is 13.0 Å². The Morgan fingerprint density at radius 3 is 2.06 bits per heavy atom. The van der Waals surface area contributed by atoms with Crippen LogP contribution in [0, 0.1) is 5.92 Å². The maximum absolute atomic E-state index is 9.30. The Kier molecular flexibility index (Phi) is 6.37. The molecule has 0 aromatic heterocycles. The first kappa shape index (κ1) is 15.2. The van der Waals surface area contributed by atoms with E-state index in [0.29, 0.717) is 12.0 Å². The molecule has 2 N–H and O–H groups in total. The lowest BCUT2D eigenvalue weighted by Crippen LogP contribution is -2.28. The molecule has 0 saturated carbocycles. The average molecular weight is 249 g/mol. The summed E-state index contributed by atoms with van der Waals surface area (Å²) in [6, 6.07) is 9.17. The van der Waals surface area contributed by atoms with E-state index in [-0.39, 0.29) is 6.10 Å². The van der Waals surface area contributed by atoms with Crippen LogP contribution in [0.5, 0.6) is 0 Å². The summed E-state index contributed by atoms with van der Waals surface area (Å²) in [7, 11) is 0. The van der Waals surface area contributed by atoms with Gasteiger partial charge in [-0.05, 0) is 43.7 Å². The molecule has 1 rings (SSSR count). The van der Waals surface area contributed by atoms with Crippen molar-refractivity contribution < 1.29 is 5.11 Å². The van der Waals surface area contributed by atoms with Gasteiger partial charge in [0.1, 0.15) is 0 Å². The van der Waals surface area contributed by atoms with E-state index in [4.69, 9.17) is 0 Å². The predicted octanol–water partition coefficient (Wildman–Crippen LogP) is 3.13. The van der Waals surface area contributed by atoms with Crippen LogP contribution in [0.3, 0.4) is 0 Å². The van der Waals surface area contributed by atoms with Gasteiger partial charge < -0.3 is 10.4 Å². The second kappa shape index (κ2) is 7.55. The maximum Gasteiger partial charge on any atom is 0.0526 e. The second-order valence-electron chi connectivity index (χ2n) is 5.78. The highest BCUT2D eigenvalue weighted by atomic mass is 16.3. The molecule has 0 aliphatic rings. The van der Waals surface area contributed by atoms with Crippen molar-refractivity contribution in [2.24, 2.45) is 5.92 Å². The van der Waals surface area contributed by atoms with E-state index in [1.807, 2.05) is 6.92 Å². The molecule has 2 unspecified atom stereocenters. The van der Waals surface area contributed by atoms with Gasteiger partial charge in [0.15, 0.2) is 0 Å². The number of hydrogen-bond acceptors (Lipinski definition) is 2. The largest absolute Gasteiger partial charge is 0.393 e. The lowest BCUT2D eigenvalue weighted by atomic mass is 10.0. The number of nitrogens with one attached hydrogen (secondary N) is 1. The molecule has 2 atom stereocenters. The molecule has 102 valence electrons. The van der Waals surface area contributed by atoms with Crippen LogP contribution in [0.15, 0.2) is 24.3 Å². The van der Waals surface area contributed by atoms with E-state index < -0.39 is 0 Å². The Morgan fingerprint density at radius 2 is 1.56 bits per heavy atom. The number of aliphatic hydroxyl groups excluding tert-OH is 1. The minimum Gasteiger partial charge on any atom is -0.393 e. The molecular weight excluding hydrogens is 222 g/mol. The SMILES string of the molecule is CC(C)Cc1ccc(CNC(C)CC(C)O)cc1. The fourth-order valence-corrected chi connectivity index (χ4v) is 2.15. The van der Waals surface area contributed by atoms with Gasteiger partial charge in [-0.3, -0.25) is 0 Å². The topological polar surface area (TPSA) is 32.3 Å². The van der Waals surface area contributed by atoms with Crippen molar-refractivity contribution >= 4 is 0 Å². The van der Waals surface area contributed by atoms with Crippen LogP contribution in [-0.4, -0.2) is 17.3 Å². The van der Waals surface area contributed by atoms with Crippen LogP contribution >= 0.6 is 0 Å². The van der Waals surface area contributed by atoms with Gasteiger partial charge in [0, 0.05) is 12.6 Å². The van der Waals surface area contributed by atoms with Gasteiger partial charge in [0.2, 0.25) is 0 Å². The molecule has 0 amide bonds. The molecule has 0 spiro atoms. The molecule has 0 radical (unpaired) electrons. The average Bonchev–Trinajstić information content (AvgIpc) is 2.26. The summed E-state index contributed by atoms with van der Waals surface area (Å²) in [6.45, 7) is 9.30. The van der Waals surface area contributed by atoms with E-state index in [9.17, 15) is 5.11 Å². The third kappa shape index (κ3) is 6.18. The third-order valence-electron chi connectivity index (χ3n) is 3.02. The first-order valence-corrected chi connectivity index (χ1v) is 6.96. The van der Waals surface area contributed by atoms with Crippen LogP contribution in [0.2, 0.25) is 0 Å². The quantitative estimate of drug-likeness (QED) is 0.778. The molecule has 1 aromatic rings. The summed E-state index contributed by atoms with van der Waals surface area (Å²) in [5.41, 5.74) is 2.71. The summed E-state index contributed by atoms with van der Waals surface area (Å²) in [5, 5.41) is 12.7. The molecule has 0 bridgehead atoms. The van der Waals surface area contributed by atoms with Gasteiger partial charge in [0.05, 0.1) is 6.10 Å². The van der Waals surface area contributed by atoms with E-state index in [2.05, 4.69) is 50.4 Å². The van der Waals surface area contributed by atoms with E-state index in [0.717, 1.165) is 19.4 Å². The molecule has 0 saturated heterocycles. The first-order valence-electron chi connectivity index (χ1n) is 6.96. The zero-order chi connectivity index (χ0) is 13.5. The highest BCUT2D eigenvalue weighted by molar-refractivity contribution is 5.22. The minimum absolute atomic E-state index is 0.235. The Labute approximate surface area is 111 Å². The molecule has 0 heterocycles. The van der Waals surface area contributed by atoms with Crippen LogP contribution in [0.4, 0.5) is 0 Å². The van der Waals surface area contributed by atoms with E-state index in [1.165, 1.54) is 11.1 Å². The lowest BCUT2D eigenvalue weighted by molar-refractivity contribution is 0.170. The number of aliphatic hydroxyl groups is 1. The van der Waals surface area contributed by atoms with Crippen LogP contribution < -0.4 is 5.32 Å². The molecule has 0 aliphatic carbocycles. The highest BCUT2D eigenvalue weighted by Crippen LogP contribution is 2.10. The van der Waals surface area contributed by atoms with Crippen LogP contribution in [0.25, 0.3) is 0 Å². The van der Waals surface area contributed by atoms with Crippen molar-refractivity contribution in [2.75, 3.05) is 0 Å². The summed E-state index contributed by atoms with van der Waals surface area (Å²) in [6.07, 6.45) is 1.71. The highest BCUT2D eigenvalue weighted by Gasteiger charge is 2.05. The Morgan fingerprint density at radius 1 is 1.00 bits per heavy atom. The minimum atomic E-state index is -0.235. The summed E-state index contributed by atoms with van der Waals surface area (Å²) < 4.78 is 0. The van der Waals surface area contributed by atoms with Gasteiger partial charge in [-0.15, -0.1) is 0 Å². The van der Waals surface area contributed by atoms with Crippen molar-refractivity contribution in [1.29, 1.82) is 0 Å². The number of hydrogen-bond donors (Lipinski definition) is 2. The summed E-state index contributed by atoms with van der Waals surface area (Å²) >= 11 is 0. The molecule has 1 aromatic carbocycles. The molecule has 2 nitrogen and oxygen atoms in total. The van der Waals surface area contributed by atoms with Gasteiger partial charge in [-0.2, -0.15) is 0 Å². The van der Waals surface area contributed by atoms with Crippen molar-refractivity contribution in [3.63, 3.8) is 0 Å². The fourth-order valence-electron chi connectivity index (χ4n) is 2.15. The molecule has 0 fully saturated rings. The zero-order valence-corrected chi connectivity index (χ0v) is 12.1.